The van der Waals surface area contributed by atoms with Gasteiger partial charge in [-0.05, 0) is 53.4 Å². The van der Waals surface area contributed by atoms with Crippen LogP contribution < -0.4 is 10.1 Å². The van der Waals surface area contributed by atoms with E-state index in [9.17, 15) is 27.9 Å². The van der Waals surface area contributed by atoms with Gasteiger partial charge in [-0.3, -0.25) is 0 Å². The highest BCUT2D eigenvalue weighted by molar-refractivity contribution is 6.03. The van der Waals surface area contributed by atoms with Gasteiger partial charge in [0.2, 0.25) is 0 Å². The van der Waals surface area contributed by atoms with Crippen molar-refractivity contribution in [3.63, 3.8) is 0 Å². The highest BCUT2D eigenvalue weighted by Crippen LogP contribution is 2.37. The Morgan fingerprint density at radius 1 is 1.11 bits per heavy atom. The summed E-state index contributed by atoms with van der Waals surface area (Å²) < 4.78 is 44.0. The van der Waals surface area contributed by atoms with E-state index in [1.54, 1.807) is 31.2 Å². The van der Waals surface area contributed by atoms with Crippen molar-refractivity contribution >= 4 is 23.0 Å². The maximum Gasteiger partial charge on any atom is 0.491 e. The molecule has 0 aliphatic carbocycles. The van der Waals surface area contributed by atoms with Crippen molar-refractivity contribution < 1.29 is 32.6 Å². The lowest BCUT2D eigenvalue weighted by Crippen LogP contribution is -2.28. The van der Waals surface area contributed by atoms with E-state index in [0.717, 1.165) is 5.56 Å². The number of fused-ring (bicyclic) bond motifs is 1. The number of aromatic amines is 1. The van der Waals surface area contributed by atoms with Crippen molar-refractivity contribution in [1.82, 2.24) is 15.3 Å². The molecular formula is C27H20F3N3O4. The molecule has 7 nitrogen and oxygen atoms in total. The molecular weight excluding hydrogens is 487 g/mol. The highest BCUT2D eigenvalue weighted by Gasteiger charge is 2.41. The van der Waals surface area contributed by atoms with Crippen molar-refractivity contribution in [2.45, 2.75) is 19.6 Å². The number of nitrogens with one attached hydrogen (secondary N) is 2. The Morgan fingerprint density at radius 3 is 2.57 bits per heavy atom. The zero-order valence-corrected chi connectivity index (χ0v) is 19.4. The fourth-order valence-corrected chi connectivity index (χ4v) is 3.88. The maximum absolute atomic E-state index is 13.1. The molecule has 4 rings (SSSR count). The van der Waals surface area contributed by atoms with Crippen LogP contribution in [-0.4, -0.2) is 39.7 Å². The summed E-state index contributed by atoms with van der Waals surface area (Å²) in [6, 6.07) is 14.5. The fourth-order valence-electron chi connectivity index (χ4n) is 3.88. The zero-order valence-electron chi connectivity index (χ0n) is 19.4. The summed E-state index contributed by atoms with van der Waals surface area (Å²) >= 11 is 0. The van der Waals surface area contributed by atoms with Crippen molar-refractivity contribution in [2.24, 2.45) is 0 Å². The van der Waals surface area contributed by atoms with Gasteiger partial charge < -0.3 is 20.1 Å². The van der Waals surface area contributed by atoms with Crippen molar-refractivity contribution in [3.05, 3.63) is 71.5 Å². The Labute approximate surface area is 209 Å². The van der Waals surface area contributed by atoms with Crippen LogP contribution in [0.15, 0.2) is 54.6 Å². The average Bonchev–Trinajstić information content (AvgIpc) is 3.23. The molecule has 0 bridgehead atoms. The number of ether oxygens (including phenoxy) is 1. The number of carboxylic acids is 1. The first kappa shape index (κ1) is 25.5. The second-order valence-electron chi connectivity index (χ2n) is 8.15. The molecule has 0 unspecified atom stereocenters. The number of aryl methyl sites for hydroxylation is 1. The molecule has 37 heavy (non-hydrogen) atoms. The van der Waals surface area contributed by atoms with E-state index in [1.807, 2.05) is 12.1 Å². The number of rotatable bonds is 7. The van der Waals surface area contributed by atoms with Crippen LogP contribution in [0.3, 0.4) is 0 Å². The normalized spacial score (nSPS) is 11.3. The van der Waals surface area contributed by atoms with E-state index < -0.39 is 18.1 Å². The van der Waals surface area contributed by atoms with E-state index in [-0.39, 0.29) is 28.0 Å². The molecule has 0 saturated heterocycles. The Bertz CT molecular complexity index is 1550. The number of carboxylic acid groups (broad SMARTS) is 1. The molecule has 0 saturated carbocycles. The fraction of sp³-hybridized carbons (Fsp3) is 0.148. The topological polar surface area (TPSA) is 104 Å². The number of nitrogens with zero attached hydrogens (tertiary/aromatic N) is 1. The van der Waals surface area contributed by atoms with E-state index in [2.05, 4.69) is 21.2 Å². The lowest BCUT2D eigenvalue weighted by molar-refractivity contribution is -0.189. The smallest absolute Gasteiger partial charge is 0.478 e. The Morgan fingerprint density at radius 2 is 1.86 bits per heavy atom. The van der Waals surface area contributed by atoms with Crippen LogP contribution in [0.5, 0.6) is 5.75 Å². The molecule has 3 aromatic carbocycles. The summed E-state index contributed by atoms with van der Waals surface area (Å²) in [7, 11) is 0. The van der Waals surface area contributed by atoms with Gasteiger partial charge in [0.15, 0.2) is 0 Å². The molecule has 1 heterocycles. The molecule has 0 aliphatic rings. The molecule has 4 aromatic rings. The van der Waals surface area contributed by atoms with Crippen molar-refractivity contribution in [2.75, 3.05) is 6.54 Å². The average molecular weight is 507 g/mol. The van der Waals surface area contributed by atoms with Gasteiger partial charge in [-0.1, -0.05) is 36.3 Å². The lowest BCUT2D eigenvalue weighted by Gasteiger charge is -2.15. The van der Waals surface area contributed by atoms with Crippen LogP contribution in [-0.2, 0) is 11.3 Å². The Kier molecular flexibility index (Phi) is 7.00. The number of carbonyl (C=O) groups excluding carboxylic acids is 1. The summed E-state index contributed by atoms with van der Waals surface area (Å²) in [5.74, 6) is -1.09. The number of halogens is 3. The van der Waals surface area contributed by atoms with Crippen molar-refractivity contribution in [1.29, 1.82) is 0 Å². The number of hydrogen-bond donors (Lipinski definition) is 3. The molecule has 3 N–H and O–H groups in total. The van der Waals surface area contributed by atoms with Gasteiger partial charge in [0.1, 0.15) is 17.1 Å². The van der Waals surface area contributed by atoms with Gasteiger partial charge >= 0.3 is 18.1 Å². The third-order valence-electron chi connectivity index (χ3n) is 5.48. The van der Waals surface area contributed by atoms with Gasteiger partial charge in [-0.25, -0.2) is 14.6 Å². The first-order valence-corrected chi connectivity index (χ1v) is 11.0. The minimum Gasteiger partial charge on any atom is -0.478 e. The summed E-state index contributed by atoms with van der Waals surface area (Å²) in [5.41, 5.74) is 2.80. The SMILES string of the molecule is C#CCNCc1cccc(-c2ccc(-c3cc(C(=O)O)c4nc(C)[nH]c4c3)c(OC(=O)C(F)(F)F)c2)c1. The second kappa shape index (κ2) is 10.2. The molecule has 0 spiro atoms. The number of aromatic carboxylic acids is 1. The number of alkyl halides is 3. The molecule has 0 amide bonds. The van der Waals surface area contributed by atoms with Crippen LogP contribution >= 0.6 is 0 Å². The number of H-pyrrole nitrogens is 1. The van der Waals surface area contributed by atoms with Crippen LogP contribution in [0.25, 0.3) is 33.3 Å². The van der Waals surface area contributed by atoms with Gasteiger partial charge in [0.05, 0.1) is 17.6 Å². The highest BCUT2D eigenvalue weighted by atomic mass is 19.4. The lowest BCUT2D eigenvalue weighted by atomic mass is 9.96. The number of carbonyl (C=O) groups is 2. The molecule has 1 aromatic heterocycles. The van der Waals surface area contributed by atoms with Crippen LogP contribution in [0, 0.1) is 19.3 Å². The number of terminal acetylenes is 1. The predicted octanol–water partition coefficient (Wildman–Crippen LogP) is 5.09. The quantitative estimate of drug-likeness (QED) is 0.139. The minimum absolute atomic E-state index is 0.102. The Hall–Kier alpha value is -4.62. The van der Waals surface area contributed by atoms with E-state index in [4.69, 9.17) is 11.2 Å². The van der Waals surface area contributed by atoms with E-state index in [1.165, 1.54) is 18.2 Å². The van der Waals surface area contributed by atoms with Crippen LogP contribution in [0.2, 0.25) is 0 Å². The van der Waals surface area contributed by atoms with Crippen molar-refractivity contribution in [3.8, 4) is 40.3 Å². The largest absolute Gasteiger partial charge is 0.491 e. The number of imidazole rings is 1. The number of benzene rings is 3. The Balaban J connectivity index is 1.83. The van der Waals surface area contributed by atoms with E-state index in [0.29, 0.717) is 35.6 Å². The first-order valence-electron chi connectivity index (χ1n) is 11.0. The summed E-state index contributed by atoms with van der Waals surface area (Å²) in [6.07, 6.45) is 0.0187. The summed E-state index contributed by atoms with van der Waals surface area (Å²) in [6.45, 7) is 2.50. The standard InChI is InChI=1S/C27H20F3N3O4/c1-3-9-31-14-16-5-4-6-17(10-16)18-7-8-20(23(13-18)37-26(36)27(28,29)30)19-11-21(25(34)35)24-22(12-19)32-15(2)33-24/h1,4-8,10-13,31H,9,14H2,2H3,(H,32,33)(H,34,35). The molecule has 0 radical (unpaired) electrons. The van der Waals surface area contributed by atoms with E-state index >= 15 is 0 Å². The third kappa shape index (κ3) is 5.63. The molecule has 0 fully saturated rings. The zero-order chi connectivity index (χ0) is 26.7. The van der Waals surface area contributed by atoms with Crippen LogP contribution in [0.1, 0.15) is 21.7 Å². The third-order valence-corrected chi connectivity index (χ3v) is 5.48. The summed E-state index contributed by atoms with van der Waals surface area (Å²) in [5, 5.41) is 12.7. The molecule has 10 heteroatoms. The maximum atomic E-state index is 13.1. The van der Waals surface area contributed by atoms with Gasteiger partial charge in [-0.2, -0.15) is 13.2 Å². The first-order chi connectivity index (χ1) is 17.6. The molecule has 188 valence electrons. The van der Waals surface area contributed by atoms with Gasteiger partial charge in [-0.15, -0.1) is 6.42 Å². The van der Waals surface area contributed by atoms with Gasteiger partial charge in [0.25, 0.3) is 0 Å². The molecule has 0 aliphatic heterocycles. The second-order valence-corrected chi connectivity index (χ2v) is 8.15. The molecule has 0 atom stereocenters. The predicted molar refractivity (Wildman–Crippen MR) is 131 cm³/mol. The van der Waals surface area contributed by atoms with Gasteiger partial charge in [0, 0.05) is 12.1 Å². The summed E-state index contributed by atoms with van der Waals surface area (Å²) in [4.78, 5) is 30.7. The minimum atomic E-state index is -5.23. The monoisotopic (exact) mass is 507 g/mol. The number of hydrogen-bond acceptors (Lipinski definition) is 5. The van der Waals surface area contributed by atoms with Crippen LogP contribution in [0.4, 0.5) is 13.2 Å². The number of aromatic nitrogens is 2. The number of esters is 1.